The number of nitrogens with zero attached hydrogens (tertiary/aromatic N) is 1. The van der Waals surface area contributed by atoms with E-state index in [0.717, 1.165) is 23.5 Å². The highest BCUT2D eigenvalue weighted by molar-refractivity contribution is 6.06. The first-order valence-electron chi connectivity index (χ1n) is 7.84. The molecule has 0 bridgehead atoms. The Balaban J connectivity index is 1.72. The number of hydrogen-bond acceptors (Lipinski definition) is 4. The maximum Gasteiger partial charge on any atom is 0.337 e. The lowest BCUT2D eigenvalue weighted by atomic mass is 10.1. The third-order valence-electron chi connectivity index (χ3n) is 3.92. The fourth-order valence-corrected chi connectivity index (χ4v) is 2.60. The van der Waals surface area contributed by atoms with Crippen LogP contribution in [0.15, 0.2) is 48.5 Å². The minimum atomic E-state index is -1.09. The Morgan fingerprint density at radius 1 is 1.24 bits per heavy atom. The van der Waals surface area contributed by atoms with Crippen LogP contribution in [0.25, 0.3) is 6.08 Å². The summed E-state index contributed by atoms with van der Waals surface area (Å²) in [4.78, 5) is 25.3. The van der Waals surface area contributed by atoms with Crippen molar-refractivity contribution < 1.29 is 19.4 Å². The summed E-state index contributed by atoms with van der Waals surface area (Å²) in [5, 5.41) is 11.7. The molecule has 0 unspecified atom stereocenters. The van der Waals surface area contributed by atoms with Crippen LogP contribution < -0.4 is 15.0 Å². The number of likely N-dealkylation sites (N-methyl/N-ethyl adjacent to an activating group) is 1. The van der Waals surface area contributed by atoms with Crippen molar-refractivity contribution >= 4 is 29.3 Å². The van der Waals surface area contributed by atoms with Crippen LogP contribution in [0.2, 0.25) is 0 Å². The molecule has 2 aromatic rings. The molecular formula is C19H18N2O4. The van der Waals surface area contributed by atoms with Gasteiger partial charge in [-0.3, -0.25) is 4.79 Å². The summed E-state index contributed by atoms with van der Waals surface area (Å²) >= 11 is 0. The summed E-state index contributed by atoms with van der Waals surface area (Å²) < 4.78 is 5.64. The fraction of sp³-hybridized carbons (Fsp3) is 0.158. The standard InChI is InChI=1S/C19H18N2O4/c1-21-10-11-25-17-12-13(6-8-16(17)21)7-9-18(22)20-15-5-3-2-4-14(15)19(23)24/h2-9,12H,10-11H2,1H3,(H,20,22)(H,23,24). The number of hydrogen-bond donors (Lipinski definition) is 2. The van der Waals surface area contributed by atoms with Gasteiger partial charge in [-0.1, -0.05) is 18.2 Å². The zero-order valence-electron chi connectivity index (χ0n) is 13.7. The molecule has 3 rings (SSSR count). The molecule has 0 atom stereocenters. The molecule has 2 aromatic carbocycles. The summed E-state index contributed by atoms with van der Waals surface area (Å²) in [6.07, 6.45) is 3.03. The van der Waals surface area contributed by atoms with Crippen molar-refractivity contribution in [3.05, 3.63) is 59.7 Å². The number of benzene rings is 2. The molecule has 128 valence electrons. The lowest BCUT2D eigenvalue weighted by Gasteiger charge is -2.27. The Morgan fingerprint density at radius 3 is 2.84 bits per heavy atom. The highest BCUT2D eigenvalue weighted by Crippen LogP contribution is 2.31. The molecule has 0 aliphatic carbocycles. The second-order valence-electron chi connectivity index (χ2n) is 5.67. The highest BCUT2D eigenvalue weighted by Gasteiger charge is 2.14. The van der Waals surface area contributed by atoms with Crippen molar-refractivity contribution in [1.82, 2.24) is 0 Å². The van der Waals surface area contributed by atoms with Crippen LogP contribution in [0.4, 0.5) is 11.4 Å². The van der Waals surface area contributed by atoms with Gasteiger partial charge in [-0.05, 0) is 35.9 Å². The van der Waals surface area contributed by atoms with E-state index >= 15 is 0 Å². The van der Waals surface area contributed by atoms with Crippen molar-refractivity contribution in [2.45, 2.75) is 0 Å². The number of amides is 1. The molecule has 0 aromatic heterocycles. The molecule has 1 amide bonds. The van der Waals surface area contributed by atoms with E-state index in [1.807, 2.05) is 25.2 Å². The van der Waals surface area contributed by atoms with Gasteiger partial charge >= 0.3 is 5.97 Å². The second kappa shape index (κ2) is 7.09. The van der Waals surface area contributed by atoms with Gasteiger partial charge in [0.1, 0.15) is 12.4 Å². The zero-order chi connectivity index (χ0) is 17.8. The first-order valence-corrected chi connectivity index (χ1v) is 7.84. The number of carboxylic acids is 1. The average molecular weight is 338 g/mol. The minimum absolute atomic E-state index is 0.0504. The Labute approximate surface area is 145 Å². The molecule has 1 aliphatic rings. The predicted molar refractivity (Wildman–Crippen MR) is 96.3 cm³/mol. The molecule has 0 spiro atoms. The van der Waals surface area contributed by atoms with E-state index in [1.54, 1.807) is 24.3 Å². The van der Waals surface area contributed by atoms with Crippen molar-refractivity contribution in [2.75, 3.05) is 30.4 Å². The Morgan fingerprint density at radius 2 is 2.04 bits per heavy atom. The van der Waals surface area contributed by atoms with Gasteiger partial charge in [0.2, 0.25) is 5.91 Å². The van der Waals surface area contributed by atoms with Gasteiger partial charge in [0.25, 0.3) is 0 Å². The fourth-order valence-electron chi connectivity index (χ4n) is 2.60. The van der Waals surface area contributed by atoms with E-state index in [-0.39, 0.29) is 11.3 Å². The largest absolute Gasteiger partial charge is 0.490 e. The Kier molecular flexibility index (Phi) is 4.70. The van der Waals surface area contributed by atoms with Gasteiger partial charge in [0.15, 0.2) is 0 Å². The highest BCUT2D eigenvalue weighted by atomic mass is 16.5. The summed E-state index contributed by atoms with van der Waals surface area (Å²) in [6.45, 7) is 1.47. The molecule has 6 nitrogen and oxygen atoms in total. The lowest BCUT2D eigenvalue weighted by molar-refractivity contribution is -0.111. The number of fused-ring (bicyclic) bond motifs is 1. The first-order chi connectivity index (χ1) is 12.0. The number of anilines is 2. The number of rotatable bonds is 4. The third-order valence-corrected chi connectivity index (χ3v) is 3.92. The Bertz CT molecular complexity index is 845. The topological polar surface area (TPSA) is 78.9 Å². The molecule has 2 N–H and O–H groups in total. The van der Waals surface area contributed by atoms with Crippen molar-refractivity contribution in [3.63, 3.8) is 0 Å². The maximum absolute atomic E-state index is 12.1. The molecule has 0 saturated carbocycles. The predicted octanol–water partition coefficient (Wildman–Crippen LogP) is 2.87. The third kappa shape index (κ3) is 3.80. The number of carbonyl (C=O) groups excluding carboxylic acids is 1. The molecule has 6 heteroatoms. The van der Waals surface area contributed by atoms with Crippen LogP contribution in [0.1, 0.15) is 15.9 Å². The molecule has 25 heavy (non-hydrogen) atoms. The van der Waals surface area contributed by atoms with Gasteiger partial charge in [0, 0.05) is 13.1 Å². The monoisotopic (exact) mass is 338 g/mol. The summed E-state index contributed by atoms with van der Waals surface area (Å²) in [5.74, 6) is -0.701. The van der Waals surface area contributed by atoms with Gasteiger partial charge in [0.05, 0.1) is 23.5 Å². The molecule has 1 heterocycles. The van der Waals surface area contributed by atoms with Crippen LogP contribution in [-0.2, 0) is 4.79 Å². The quantitative estimate of drug-likeness (QED) is 0.838. The van der Waals surface area contributed by atoms with Crippen molar-refractivity contribution in [1.29, 1.82) is 0 Å². The van der Waals surface area contributed by atoms with E-state index in [9.17, 15) is 9.59 Å². The lowest BCUT2D eigenvalue weighted by Crippen LogP contribution is -2.28. The van der Waals surface area contributed by atoms with Gasteiger partial charge in [-0.25, -0.2) is 4.79 Å². The first kappa shape index (κ1) is 16.6. The number of carbonyl (C=O) groups is 2. The van der Waals surface area contributed by atoms with E-state index in [0.29, 0.717) is 6.61 Å². The van der Waals surface area contributed by atoms with E-state index in [4.69, 9.17) is 9.84 Å². The van der Waals surface area contributed by atoms with E-state index < -0.39 is 11.9 Å². The van der Waals surface area contributed by atoms with Crippen LogP contribution in [-0.4, -0.2) is 37.2 Å². The van der Waals surface area contributed by atoms with Crippen molar-refractivity contribution in [3.8, 4) is 5.75 Å². The molecule has 0 saturated heterocycles. The van der Waals surface area contributed by atoms with Gasteiger partial charge in [-0.2, -0.15) is 0 Å². The molecule has 1 aliphatic heterocycles. The number of carboxylic acid groups (broad SMARTS) is 1. The number of ether oxygens (including phenoxy) is 1. The number of nitrogens with one attached hydrogen (secondary N) is 1. The maximum atomic E-state index is 12.1. The van der Waals surface area contributed by atoms with Gasteiger partial charge in [-0.15, -0.1) is 0 Å². The van der Waals surface area contributed by atoms with Crippen LogP contribution >= 0.6 is 0 Å². The zero-order valence-corrected chi connectivity index (χ0v) is 13.7. The molecule has 0 fully saturated rings. The SMILES string of the molecule is CN1CCOc2cc(C=CC(=O)Nc3ccccc3C(=O)O)ccc21. The average Bonchev–Trinajstić information content (AvgIpc) is 2.60. The summed E-state index contributed by atoms with van der Waals surface area (Å²) in [6, 6.07) is 12.0. The molecule has 0 radical (unpaired) electrons. The minimum Gasteiger partial charge on any atom is -0.490 e. The normalized spacial score (nSPS) is 13.2. The smallest absolute Gasteiger partial charge is 0.337 e. The summed E-state index contributed by atoms with van der Waals surface area (Å²) in [7, 11) is 2.00. The summed E-state index contributed by atoms with van der Waals surface area (Å²) in [5.41, 5.74) is 2.16. The molecular weight excluding hydrogens is 320 g/mol. The number of para-hydroxylation sites is 1. The van der Waals surface area contributed by atoms with E-state index in [1.165, 1.54) is 12.1 Å². The van der Waals surface area contributed by atoms with Crippen molar-refractivity contribution in [2.24, 2.45) is 0 Å². The number of aromatic carboxylic acids is 1. The van der Waals surface area contributed by atoms with Crippen LogP contribution in [0, 0.1) is 0 Å². The second-order valence-corrected chi connectivity index (χ2v) is 5.67. The Hall–Kier alpha value is -3.28. The van der Waals surface area contributed by atoms with E-state index in [2.05, 4.69) is 10.2 Å². The van der Waals surface area contributed by atoms with Crippen LogP contribution in [0.3, 0.4) is 0 Å². The van der Waals surface area contributed by atoms with Crippen LogP contribution in [0.5, 0.6) is 5.75 Å². The van der Waals surface area contributed by atoms with Gasteiger partial charge < -0.3 is 20.1 Å².